The molecule has 1 saturated carbocycles. The fraction of sp³-hybridized carbons (Fsp3) is 0.632. The first-order chi connectivity index (χ1) is 13.3. The summed E-state index contributed by atoms with van der Waals surface area (Å²) >= 11 is 0. The Balaban J connectivity index is 1.59. The Hall–Kier alpha value is -2.00. The van der Waals surface area contributed by atoms with Crippen molar-refractivity contribution in [1.82, 2.24) is 18.8 Å². The predicted molar refractivity (Wildman–Crippen MR) is 109 cm³/mol. The Bertz CT molecular complexity index is 1030. The summed E-state index contributed by atoms with van der Waals surface area (Å²) < 4.78 is 26.7. The van der Waals surface area contributed by atoms with E-state index in [-0.39, 0.29) is 17.6 Å². The number of piperidine rings is 1. The Kier molecular flexibility index (Phi) is 5.13. The van der Waals surface area contributed by atoms with E-state index in [0.29, 0.717) is 43.4 Å². The number of sulfonamides is 1. The van der Waals surface area contributed by atoms with Gasteiger partial charge in [-0.3, -0.25) is 9.36 Å². The molecule has 2 aromatic heterocycles. The van der Waals surface area contributed by atoms with E-state index in [9.17, 15) is 13.2 Å². The summed E-state index contributed by atoms with van der Waals surface area (Å²) in [5.41, 5.74) is 0.662. The highest BCUT2D eigenvalue weighted by Gasteiger charge is 2.28. The van der Waals surface area contributed by atoms with Crippen LogP contribution in [0.1, 0.15) is 45.1 Å². The lowest BCUT2D eigenvalue weighted by Crippen LogP contribution is -2.42. The van der Waals surface area contributed by atoms with E-state index in [1.165, 1.54) is 10.6 Å². The van der Waals surface area contributed by atoms with Crippen LogP contribution in [-0.2, 0) is 10.0 Å². The van der Waals surface area contributed by atoms with Gasteiger partial charge >= 0.3 is 0 Å². The van der Waals surface area contributed by atoms with Crippen LogP contribution in [0.3, 0.4) is 0 Å². The van der Waals surface area contributed by atoms with Crippen LogP contribution < -0.4 is 10.9 Å². The maximum absolute atomic E-state index is 12.6. The lowest BCUT2D eigenvalue weighted by Gasteiger charge is -2.30. The van der Waals surface area contributed by atoms with Crippen LogP contribution in [0.5, 0.6) is 0 Å². The van der Waals surface area contributed by atoms with Crippen LogP contribution in [-0.4, -0.2) is 52.6 Å². The fourth-order valence-electron chi connectivity index (χ4n) is 4.45. The van der Waals surface area contributed by atoms with Gasteiger partial charge in [0.05, 0.1) is 6.26 Å². The highest BCUT2D eigenvalue weighted by atomic mass is 32.2. The summed E-state index contributed by atoms with van der Waals surface area (Å²) in [4.78, 5) is 21.7. The number of anilines is 1. The van der Waals surface area contributed by atoms with Crippen LogP contribution >= 0.6 is 0 Å². The predicted octanol–water partition coefficient (Wildman–Crippen LogP) is 1.99. The van der Waals surface area contributed by atoms with Gasteiger partial charge in [0.25, 0.3) is 5.56 Å². The Morgan fingerprint density at radius 1 is 1.14 bits per heavy atom. The largest absolute Gasteiger partial charge is 0.351 e. The summed E-state index contributed by atoms with van der Waals surface area (Å²) in [6, 6.07) is 3.68. The molecule has 0 bridgehead atoms. The highest BCUT2D eigenvalue weighted by Crippen LogP contribution is 2.35. The van der Waals surface area contributed by atoms with Gasteiger partial charge in [-0.25, -0.2) is 17.7 Å². The minimum absolute atomic E-state index is 0.0163. The number of rotatable bonds is 4. The molecular weight excluding hydrogens is 378 g/mol. The first-order valence-electron chi connectivity index (χ1n) is 9.93. The number of nitrogens with zero attached hydrogens (tertiary/aromatic N) is 4. The standard InChI is InChI=1S/C19H27N5O3S/c1-13-4-3-5-16(13)24-17(25)7-6-14-12-20-19(22-18(14)24)21-15-8-10-23(11-9-15)28(2,26)27/h6-7,12-13,15-16H,3-5,8-11H2,1-2H3,(H,20,21,22). The summed E-state index contributed by atoms with van der Waals surface area (Å²) in [7, 11) is -3.14. The Morgan fingerprint density at radius 3 is 2.54 bits per heavy atom. The molecule has 2 aromatic rings. The van der Waals surface area contributed by atoms with Gasteiger partial charge in [0.1, 0.15) is 5.65 Å². The molecule has 0 radical (unpaired) electrons. The molecule has 152 valence electrons. The topological polar surface area (TPSA) is 97.2 Å². The van der Waals surface area contributed by atoms with Crippen molar-refractivity contribution in [2.24, 2.45) is 5.92 Å². The quantitative estimate of drug-likeness (QED) is 0.835. The number of hydrogen-bond acceptors (Lipinski definition) is 6. The second-order valence-corrected chi connectivity index (χ2v) is 10.1. The molecule has 0 spiro atoms. The molecule has 1 aliphatic heterocycles. The zero-order valence-electron chi connectivity index (χ0n) is 16.3. The maximum atomic E-state index is 12.6. The minimum Gasteiger partial charge on any atom is -0.351 e. The highest BCUT2D eigenvalue weighted by molar-refractivity contribution is 7.88. The van der Waals surface area contributed by atoms with Gasteiger partial charge in [-0.05, 0) is 37.7 Å². The second-order valence-electron chi connectivity index (χ2n) is 8.07. The van der Waals surface area contributed by atoms with Crippen molar-refractivity contribution in [2.45, 2.75) is 51.1 Å². The van der Waals surface area contributed by atoms with Gasteiger partial charge in [0.15, 0.2) is 0 Å². The Labute approximate surface area is 165 Å². The molecule has 1 aliphatic carbocycles. The van der Waals surface area contributed by atoms with Crippen molar-refractivity contribution in [3.8, 4) is 0 Å². The van der Waals surface area contributed by atoms with E-state index in [0.717, 1.165) is 24.6 Å². The van der Waals surface area contributed by atoms with E-state index in [1.54, 1.807) is 18.3 Å². The van der Waals surface area contributed by atoms with Crippen LogP contribution in [0, 0.1) is 5.92 Å². The van der Waals surface area contributed by atoms with Gasteiger partial charge in [-0.1, -0.05) is 13.3 Å². The molecule has 0 aromatic carbocycles. The van der Waals surface area contributed by atoms with Gasteiger partial charge in [-0.15, -0.1) is 0 Å². The lowest BCUT2D eigenvalue weighted by molar-refractivity contribution is 0.331. The second kappa shape index (κ2) is 7.44. The third kappa shape index (κ3) is 3.77. The molecule has 2 aliphatic rings. The van der Waals surface area contributed by atoms with Crippen LogP contribution in [0.25, 0.3) is 11.0 Å². The van der Waals surface area contributed by atoms with Gasteiger partial charge in [0.2, 0.25) is 16.0 Å². The molecule has 2 fully saturated rings. The van der Waals surface area contributed by atoms with Crippen molar-refractivity contribution in [2.75, 3.05) is 24.7 Å². The molecule has 3 heterocycles. The SMILES string of the molecule is CC1CCCC1n1c(=O)ccc2cnc(NC3CCN(S(C)(=O)=O)CC3)nc21. The zero-order chi connectivity index (χ0) is 19.9. The van der Waals surface area contributed by atoms with Crippen LogP contribution in [0.15, 0.2) is 23.1 Å². The van der Waals surface area contributed by atoms with E-state index in [2.05, 4.69) is 22.2 Å². The van der Waals surface area contributed by atoms with E-state index < -0.39 is 10.0 Å². The van der Waals surface area contributed by atoms with Crippen molar-refractivity contribution in [3.05, 3.63) is 28.7 Å². The molecule has 2 atom stereocenters. The van der Waals surface area contributed by atoms with Crippen molar-refractivity contribution in [3.63, 3.8) is 0 Å². The number of aromatic nitrogens is 3. The zero-order valence-corrected chi connectivity index (χ0v) is 17.2. The van der Waals surface area contributed by atoms with Crippen LogP contribution in [0.2, 0.25) is 0 Å². The van der Waals surface area contributed by atoms with E-state index in [4.69, 9.17) is 0 Å². The normalized spacial score (nSPS) is 24.6. The maximum Gasteiger partial charge on any atom is 0.252 e. The molecule has 9 heteroatoms. The summed E-state index contributed by atoms with van der Waals surface area (Å²) in [5, 5.41) is 4.19. The summed E-state index contributed by atoms with van der Waals surface area (Å²) in [6.45, 7) is 3.18. The van der Waals surface area contributed by atoms with Crippen LogP contribution in [0.4, 0.5) is 5.95 Å². The number of nitrogens with one attached hydrogen (secondary N) is 1. The molecule has 8 nitrogen and oxygen atoms in total. The van der Waals surface area contributed by atoms with Crippen molar-refractivity contribution >= 4 is 27.0 Å². The fourth-order valence-corrected chi connectivity index (χ4v) is 5.33. The summed E-state index contributed by atoms with van der Waals surface area (Å²) in [5.74, 6) is 0.949. The molecule has 28 heavy (non-hydrogen) atoms. The molecule has 4 rings (SSSR count). The molecule has 0 amide bonds. The number of fused-ring (bicyclic) bond motifs is 1. The van der Waals surface area contributed by atoms with Gasteiger partial charge in [0, 0.05) is 42.8 Å². The Morgan fingerprint density at radius 2 is 1.89 bits per heavy atom. The first kappa shape index (κ1) is 19.3. The third-order valence-corrected chi connectivity index (χ3v) is 7.37. The lowest BCUT2D eigenvalue weighted by atomic mass is 10.1. The first-order valence-corrected chi connectivity index (χ1v) is 11.8. The average molecular weight is 406 g/mol. The minimum atomic E-state index is -3.14. The van der Waals surface area contributed by atoms with Crippen molar-refractivity contribution < 1.29 is 8.42 Å². The number of pyridine rings is 1. The summed E-state index contributed by atoms with van der Waals surface area (Å²) in [6.07, 6.45) is 7.66. The third-order valence-electron chi connectivity index (χ3n) is 6.07. The van der Waals surface area contributed by atoms with Crippen molar-refractivity contribution in [1.29, 1.82) is 0 Å². The average Bonchev–Trinajstić information content (AvgIpc) is 3.07. The monoisotopic (exact) mass is 405 g/mol. The van der Waals surface area contributed by atoms with E-state index in [1.807, 2.05) is 4.57 Å². The van der Waals surface area contributed by atoms with E-state index >= 15 is 0 Å². The molecular formula is C19H27N5O3S. The molecule has 1 saturated heterocycles. The van der Waals surface area contributed by atoms with Gasteiger partial charge < -0.3 is 5.32 Å². The smallest absolute Gasteiger partial charge is 0.252 e. The molecule has 2 unspecified atom stereocenters. The van der Waals surface area contributed by atoms with Gasteiger partial charge in [-0.2, -0.15) is 4.98 Å². The molecule has 1 N–H and O–H groups in total. The number of hydrogen-bond donors (Lipinski definition) is 1.